The van der Waals surface area contributed by atoms with Gasteiger partial charge < -0.3 is 10.6 Å². The predicted molar refractivity (Wildman–Crippen MR) is 114 cm³/mol. The molecule has 7 heteroatoms. The molecule has 5 rings (SSSR count). The van der Waals surface area contributed by atoms with Gasteiger partial charge in [0.1, 0.15) is 18.7 Å². The second-order valence-electron chi connectivity index (χ2n) is 8.59. The van der Waals surface area contributed by atoms with E-state index >= 15 is 0 Å². The number of hydrogen-bond donors (Lipinski definition) is 2. The Morgan fingerprint density at radius 2 is 1.85 bits per heavy atom. The standard InChI is InChI=1S/C19H32N6.HI/c1-3-20-18(22-12-17-23-13-24-25(17)2)21-5-4-19-9-14-6-15(10-19)8-16(7-14)11-19;/h13-16H,3-12H2,1-2H3,(H2,20,21,22);1H. The number of hydrogen-bond acceptors (Lipinski definition) is 3. The molecule has 146 valence electrons. The van der Waals surface area contributed by atoms with Gasteiger partial charge in [-0.25, -0.2) is 9.98 Å². The van der Waals surface area contributed by atoms with Crippen LogP contribution in [0.4, 0.5) is 0 Å². The van der Waals surface area contributed by atoms with Crippen molar-refractivity contribution in [2.24, 2.45) is 35.2 Å². The van der Waals surface area contributed by atoms with Crippen molar-refractivity contribution in [3.05, 3.63) is 12.2 Å². The van der Waals surface area contributed by atoms with Gasteiger partial charge in [-0.05, 0) is 75.0 Å². The molecule has 4 fully saturated rings. The molecule has 4 aliphatic carbocycles. The maximum atomic E-state index is 4.67. The normalized spacial score (nSPS) is 32.4. The highest BCUT2D eigenvalue weighted by Gasteiger charge is 2.50. The second kappa shape index (κ2) is 8.44. The number of nitrogens with one attached hydrogen (secondary N) is 2. The third-order valence-electron chi connectivity index (χ3n) is 6.64. The van der Waals surface area contributed by atoms with Crippen molar-refractivity contribution in [2.75, 3.05) is 13.1 Å². The van der Waals surface area contributed by atoms with Gasteiger partial charge in [-0.1, -0.05) is 0 Å². The average molecular weight is 472 g/mol. The molecule has 4 aliphatic rings. The van der Waals surface area contributed by atoms with Crippen LogP contribution in [-0.4, -0.2) is 33.8 Å². The summed E-state index contributed by atoms with van der Waals surface area (Å²) < 4.78 is 1.78. The van der Waals surface area contributed by atoms with E-state index < -0.39 is 0 Å². The van der Waals surface area contributed by atoms with Crippen molar-refractivity contribution in [2.45, 2.75) is 58.4 Å². The average Bonchev–Trinajstić information content (AvgIpc) is 2.96. The van der Waals surface area contributed by atoms with E-state index in [0.717, 1.165) is 42.6 Å². The maximum absolute atomic E-state index is 4.67. The lowest BCUT2D eigenvalue weighted by molar-refractivity contribution is -0.0562. The minimum Gasteiger partial charge on any atom is -0.357 e. The Balaban J connectivity index is 0.00000196. The Morgan fingerprint density at radius 3 is 2.38 bits per heavy atom. The van der Waals surface area contributed by atoms with Gasteiger partial charge in [-0.2, -0.15) is 5.10 Å². The van der Waals surface area contributed by atoms with Gasteiger partial charge in [0.2, 0.25) is 0 Å². The minimum absolute atomic E-state index is 0. The molecular formula is C19H33IN6. The summed E-state index contributed by atoms with van der Waals surface area (Å²) in [6, 6.07) is 0. The van der Waals surface area contributed by atoms with E-state index in [0.29, 0.717) is 12.0 Å². The number of halogens is 1. The van der Waals surface area contributed by atoms with Crippen molar-refractivity contribution in [1.82, 2.24) is 25.4 Å². The molecule has 1 heterocycles. The van der Waals surface area contributed by atoms with Gasteiger partial charge in [0.15, 0.2) is 5.96 Å². The fourth-order valence-electron chi connectivity index (χ4n) is 6.00. The maximum Gasteiger partial charge on any atom is 0.191 e. The third-order valence-corrected chi connectivity index (χ3v) is 6.64. The van der Waals surface area contributed by atoms with Crippen LogP contribution in [0.15, 0.2) is 11.3 Å². The quantitative estimate of drug-likeness (QED) is 0.380. The van der Waals surface area contributed by atoms with Gasteiger partial charge in [0.25, 0.3) is 0 Å². The smallest absolute Gasteiger partial charge is 0.191 e. The zero-order valence-electron chi connectivity index (χ0n) is 16.1. The molecule has 0 atom stereocenters. The Hall–Kier alpha value is -0.860. The monoisotopic (exact) mass is 472 g/mol. The van der Waals surface area contributed by atoms with Crippen molar-refractivity contribution in [3.8, 4) is 0 Å². The van der Waals surface area contributed by atoms with Crippen LogP contribution < -0.4 is 10.6 Å². The van der Waals surface area contributed by atoms with Gasteiger partial charge in [0, 0.05) is 20.1 Å². The first-order valence-electron chi connectivity index (χ1n) is 10.0. The van der Waals surface area contributed by atoms with Crippen LogP contribution in [0.1, 0.15) is 57.7 Å². The molecule has 4 bridgehead atoms. The van der Waals surface area contributed by atoms with Crippen LogP contribution in [-0.2, 0) is 13.6 Å². The summed E-state index contributed by atoms with van der Waals surface area (Å²) in [6.07, 6.45) is 11.9. The van der Waals surface area contributed by atoms with Crippen LogP contribution in [0, 0.1) is 23.2 Å². The molecule has 1 aromatic heterocycles. The molecule has 26 heavy (non-hydrogen) atoms. The van der Waals surface area contributed by atoms with E-state index in [1.807, 2.05) is 7.05 Å². The van der Waals surface area contributed by atoms with Gasteiger partial charge in [-0.15, -0.1) is 24.0 Å². The molecule has 0 saturated heterocycles. The number of nitrogens with zero attached hydrogens (tertiary/aromatic N) is 4. The van der Waals surface area contributed by atoms with Crippen LogP contribution in [0.2, 0.25) is 0 Å². The van der Waals surface area contributed by atoms with E-state index in [1.54, 1.807) is 11.0 Å². The molecule has 0 amide bonds. The molecule has 0 aromatic carbocycles. The second-order valence-corrected chi connectivity index (χ2v) is 8.59. The Labute approximate surface area is 174 Å². The molecule has 0 aliphatic heterocycles. The Morgan fingerprint density at radius 1 is 1.19 bits per heavy atom. The van der Waals surface area contributed by atoms with Crippen molar-refractivity contribution in [3.63, 3.8) is 0 Å². The lowest BCUT2D eigenvalue weighted by atomic mass is 9.49. The highest BCUT2D eigenvalue weighted by atomic mass is 127. The molecule has 1 aromatic rings. The van der Waals surface area contributed by atoms with Crippen LogP contribution in [0.3, 0.4) is 0 Å². The minimum atomic E-state index is 0. The SMILES string of the molecule is CCNC(=NCc1ncnn1C)NCCC12CC3CC(CC(C3)C1)C2.I. The van der Waals surface area contributed by atoms with Crippen LogP contribution in [0.25, 0.3) is 0 Å². The predicted octanol–water partition coefficient (Wildman–Crippen LogP) is 3.09. The lowest BCUT2D eigenvalue weighted by Gasteiger charge is -2.57. The Bertz CT molecular complexity index is 590. The van der Waals surface area contributed by atoms with E-state index in [1.165, 1.54) is 44.9 Å². The fraction of sp³-hybridized carbons (Fsp3) is 0.842. The molecule has 2 N–H and O–H groups in total. The number of aryl methyl sites for hydroxylation is 1. The van der Waals surface area contributed by atoms with Gasteiger partial charge in [-0.3, -0.25) is 4.68 Å². The van der Waals surface area contributed by atoms with E-state index in [4.69, 9.17) is 0 Å². The summed E-state index contributed by atoms with van der Waals surface area (Å²) >= 11 is 0. The number of guanidine groups is 1. The lowest BCUT2D eigenvalue weighted by Crippen LogP contribution is -2.48. The summed E-state index contributed by atoms with van der Waals surface area (Å²) in [7, 11) is 1.91. The van der Waals surface area contributed by atoms with E-state index in [-0.39, 0.29) is 24.0 Å². The van der Waals surface area contributed by atoms with Crippen molar-refractivity contribution in [1.29, 1.82) is 0 Å². The van der Waals surface area contributed by atoms with Crippen molar-refractivity contribution >= 4 is 29.9 Å². The topological polar surface area (TPSA) is 67.1 Å². The largest absolute Gasteiger partial charge is 0.357 e. The highest BCUT2D eigenvalue weighted by Crippen LogP contribution is 2.61. The zero-order valence-corrected chi connectivity index (χ0v) is 18.4. The molecular weight excluding hydrogens is 439 g/mol. The zero-order chi connectivity index (χ0) is 17.3. The molecule has 0 spiro atoms. The summed E-state index contributed by atoms with van der Waals surface area (Å²) in [5, 5.41) is 11.0. The summed E-state index contributed by atoms with van der Waals surface area (Å²) in [5.41, 5.74) is 0.628. The molecule has 0 radical (unpaired) electrons. The van der Waals surface area contributed by atoms with Crippen LogP contribution in [0.5, 0.6) is 0 Å². The third kappa shape index (κ3) is 4.34. The Kier molecular flexibility index (Phi) is 6.45. The molecule has 4 saturated carbocycles. The van der Waals surface area contributed by atoms with Gasteiger partial charge in [0.05, 0.1) is 0 Å². The van der Waals surface area contributed by atoms with E-state index in [2.05, 4.69) is 32.6 Å². The summed E-state index contributed by atoms with van der Waals surface area (Å²) in [4.78, 5) is 8.92. The van der Waals surface area contributed by atoms with E-state index in [9.17, 15) is 0 Å². The first kappa shape index (κ1) is 19.9. The first-order chi connectivity index (χ1) is 12.2. The number of aromatic nitrogens is 3. The highest BCUT2D eigenvalue weighted by molar-refractivity contribution is 14.0. The molecule has 6 nitrogen and oxygen atoms in total. The number of aliphatic imine (C=N–C) groups is 1. The summed E-state index contributed by atoms with van der Waals surface area (Å²) in [5.74, 6) is 4.88. The summed E-state index contributed by atoms with van der Waals surface area (Å²) in [6.45, 7) is 4.57. The van der Waals surface area contributed by atoms with Crippen LogP contribution >= 0.6 is 24.0 Å². The fourth-order valence-corrected chi connectivity index (χ4v) is 6.00. The van der Waals surface area contributed by atoms with Gasteiger partial charge >= 0.3 is 0 Å². The first-order valence-corrected chi connectivity index (χ1v) is 10.0. The number of rotatable bonds is 6. The molecule has 0 unspecified atom stereocenters. The van der Waals surface area contributed by atoms with Crippen molar-refractivity contribution < 1.29 is 0 Å².